The summed E-state index contributed by atoms with van der Waals surface area (Å²) < 4.78 is 0. The second-order valence-corrected chi connectivity index (χ2v) is 4.56. The average molecular weight is 262 g/mol. The molecule has 0 aliphatic carbocycles. The van der Waals surface area contributed by atoms with Gasteiger partial charge in [0.15, 0.2) is 0 Å². The molecule has 0 atom stereocenters. The fourth-order valence-corrected chi connectivity index (χ4v) is 2.20. The maximum absolute atomic E-state index is 12.3. The normalized spacial score (nSPS) is 10.4. The molecular weight excluding hydrogens is 248 g/mol. The molecule has 0 saturated heterocycles. The van der Waals surface area contributed by atoms with Gasteiger partial charge in [-0.1, -0.05) is 36.4 Å². The first kappa shape index (κ1) is 12.4. The Kier molecular flexibility index (Phi) is 3.42. The molecule has 1 amide bonds. The fourth-order valence-electron chi connectivity index (χ4n) is 2.20. The van der Waals surface area contributed by atoms with E-state index in [1.54, 1.807) is 12.4 Å². The van der Waals surface area contributed by atoms with Crippen LogP contribution in [0.5, 0.6) is 0 Å². The largest absolute Gasteiger partial charge is 0.348 e. The first-order valence-electron chi connectivity index (χ1n) is 6.49. The number of nitrogens with zero attached hydrogens (tertiary/aromatic N) is 1. The lowest BCUT2D eigenvalue weighted by atomic mass is 10.0. The third kappa shape index (κ3) is 2.52. The molecule has 3 aromatic rings. The minimum Gasteiger partial charge on any atom is -0.348 e. The first-order chi connectivity index (χ1) is 9.84. The zero-order chi connectivity index (χ0) is 13.8. The predicted molar refractivity (Wildman–Crippen MR) is 79.4 cm³/mol. The molecular formula is C17H14N2O. The van der Waals surface area contributed by atoms with Crippen LogP contribution in [0.25, 0.3) is 10.8 Å². The third-order valence-electron chi connectivity index (χ3n) is 3.24. The summed E-state index contributed by atoms with van der Waals surface area (Å²) >= 11 is 0. The summed E-state index contributed by atoms with van der Waals surface area (Å²) in [6, 6.07) is 17.4. The summed E-state index contributed by atoms with van der Waals surface area (Å²) in [5.41, 5.74) is 1.74. The summed E-state index contributed by atoms with van der Waals surface area (Å²) in [7, 11) is 0. The van der Waals surface area contributed by atoms with Crippen LogP contribution >= 0.6 is 0 Å². The van der Waals surface area contributed by atoms with Crippen molar-refractivity contribution in [2.75, 3.05) is 0 Å². The summed E-state index contributed by atoms with van der Waals surface area (Å²) in [4.78, 5) is 16.3. The van der Waals surface area contributed by atoms with Crippen molar-refractivity contribution in [3.8, 4) is 0 Å². The van der Waals surface area contributed by atoms with E-state index in [1.807, 2.05) is 54.6 Å². The molecule has 0 spiro atoms. The van der Waals surface area contributed by atoms with Crippen LogP contribution in [0.1, 0.15) is 15.9 Å². The highest BCUT2D eigenvalue weighted by Gasteiger charge is 2.08. The van der Waals surface area contributed by atoms with Gasteiger partial charge in [0.25, 0.3) is 5.91 Å². The van der Waals surface area contributed by atoms with E-state index in [0.29, 0.717) is 12.1 Å². The van der Waals surface area contributed by atoms with Crippen LogP contribution < -0.4 is 5.32 Å². The van der Waals surface area contributed by atoms with Crippen molar-refractivity contribution in [1.29, 1.82) is 0 Å². The van der Waals surface area contributed by atoms with Gasteiger partial charge in [-0.3, -0.25) is 9.78 Å². The molecule has 3 heteroatoms. The fraction of sp³-hybridized carbons (Fsp3) is 0.0588. The number of aromatic nitrogens is 1. The Morgan fingerprint density at radius 1 is 0.950 bits per heavy atom. The molecule has 3 nitrogen and oxygen atoms in total. The Hall–Kier alpha value is -2.68. The molecule has 1 N–H and O–H groups in total. The van der Waals surface area contributed by atoms with Gasteiger partial charge in [-0.05, 0) is 34.5 Å². The van der Waals surface area contributed by atoms with Gasteiger partial charge in [-0.15, -0.1) is 0 Å². The van der Waals surface area contributed by atoms with Crippen LogP contribution in [0.2, 0.25) is 0 Å². The standard InChI is InChI=1S/C17H14N2O/c20-17(19-12-13-8-10-18-11-9-13)16-7-3-5-14-4-1-2-6-15(14)16/h1-11H,12H2,(H,19,20). The summed E-state index contributed by atoms with van der Waals surface area (Å²) in [6.07, 6.45) is 3.44. The second-order valence-electron chi connectivity index (χ2n) is 4.56. The number of carbonyl (C=O) groups excluding carboxylic acids is 1. The number of benzene rings is 2. The van der Waals surface area contributed by atoms with E-state index in [4.69, 9.17) is 0 Å². The van der Waals surface area contributed by atoms with E-state index in [9.17, 15) is 4.79 Å². The minimum atomic E-state index is -0.0568. The average Bonchev–Trinajstić information content (AvgIpc) is 2.53. The highest BCUT2D eigenvalue weighted by atomic mass is 16.1. The highest BCUT2D eigenvalue weighted by Crippen LogP contribution is 2.18. The Morgan fingerprint density at radius 3 is 2.55 bits per heavy atom. The van der Waals surface area contributed by atoms with Crippen LogP contribution in [-0.4, -0.2) is 10.9 Å². The Morgan fingerprint density at radius 2 is 1.70 bits per heavy atom. The van der Waals surface area contributed by atoms with Gasteiger partial charge in [0.1, 0.15) is 0 Å². The Balaban J connectivity index is 1.82. The van der Waals surface area contributed by atoms with Crippen molar-refractivity contribution < 1.29 is 4.79 Å². The molecule has 98 valence electrons. The van der Waals surface area contributed by atoms with E-state index < -0.39 is 0 Å². The van der Waals surface area contributed by atoms with Crippen molar-refractivity contribution in [2.45, 2.75) is 6.54 Å². The van der Waals surface area contributed by atoms with Gasteiger partial charge in [0, 0.05) is 24.5 Å². The molecule has 20 heavy (non-hydrogen) atoms. The van der Waals surface area contributed by atoms with Crippen molar-refractivity contribution in [1.82, 2.24) is 10.3 Å². The maximum Gasteiger partial charge on any atom is 0.252 e. The van der Waals surface area contributed by atoms with Gasteiger partial charge >= 0.3 is 0 Å². The highest BCUT2D eigenvalue weighted by molar-refractivity contribution is 6.06. The van der Waals surface area contributed by atoms with Gasteiger partial charge in [-0.25, -0.2) is 0 Å². The van der Waals surface area contributed by atoms with Gasteiger partial charge in [-0.2, -0.15) is 0 Å². The lowest BCUT2D eigenvalue weighted by Gasteiger charge is -2.08. The molecule has 0 aliphatic heterocycles. The number of carbonyl (C=O) groups is 1. The molecule has 0 bridgehead atoms. The van der Waals surface area contributed by atoms with E-state index in [2.05, 4.69) is 10.3 Å². The zero-order valence-electron chi connectivity index (χ0n) is 10.9. The molecule has 0 radical (unpaired) electrons. The zero-order valence-corrected chi connectivity index (χ0v) is 10.9. The predicted octanol–water partition coefficient (Wildman–Crippen LogP) is 3.16. The topological polar surface area (TPSA) is 42.0 Å². The number of fused-ring (bicyclic) bond motifs is 1. The van der Waals surface area contributed by atoms with Crippen LogP contribution in [-0.2, 0) is 6.54 Å². The number of nitrogens with one attached hydrogen (secondary N) is 1. The number of amides is 1. The summed E-state index contributed by atoms with van der Waals surface area (Å²) in [5.74, 6) is -0.0568. The molecule has 0 saturated carbocycles. The first-order valence-corrected chi connectivity index (χ1v) is 6.49. The smallest absolute Gasteiger partial charge is 0.252 e. The molecule has 3 rings (SSSR count). The van der Waals surface area contributed by atoms with Crippen molar-refractivity contribution in [3.63, 3.8) is 0 Å². The third-order valence-corrected chi connectivity index (χ3v) is 3.24. The Bertz CT molecular complexity index is 733. The lowest BCUT2D eigenvalue weighted by molar-refractivity contribution is 0.0952. The van der Waals surface area contributed by atoms with Crippen molar-refractivity contribution in [2.24, 2.45) is 0 Å². The van der Waals surface area contributed by atoms with Gasteiger partial charge in [0.2, 0.25) is 0 Å². The maximum atomic E-state index is 12.3. The number of pyridine rings is 1. The Labute approximate surface area is 117 Å². The molecule has 0 fully saturated rings. The molecule has 0 aliphatic rings. The van der Waals surface area contributed by atoms with Crippen LogP contribution in [0, 0.1) is 0 Å². The quantitative estimate of drug-likeness (QED) is 0.787. The van der Waals surface area contributed by atoms with Crippen LogP contribution in [0.3, 0.4) is 0 Å². The number of rotatable bonds is 3. The van der Waals surface area contributed by atoms with E-state index in [0.717, 1.165) is 16.3 Å². The van der Waals surface area contributed by atoms with Gasteiger partial charge in [0.05, 0.1) is 0 Å². The van der Waals surface area contributed by atoms with Crippen molar-refractivity contribution in [3.05, 3.63) is 78.1 Å². The second kappa shape index (κ2) is 5.53. The lowest BCUT2D eigenvalue weighted by Crippen LogP contribution is -2.22. The molecule has 2 aromatic carbocycles. The minimum absolute atomic E-state index is 0.0568. The monoisotopic (exact) mass is 262 g/mol. The molecule has 1 aromatic heterocycles. The summed E-state index contributed by atoms with van der Waals surface area (Å²) in [5, 5.41) is 4.99. The SMILES string of the molecule is O=C(NCc1ccncc1)c1cccc2ccccc12. The summed E-state index contributed by atoms with van der Waals surface area (Å²) in [6.45, 7) is 0.505. The van der Waals surface area contributed by atoms with Crippen LogP contribution in [0.15, 0.2) is 67.0 Å². The van der Waals surface area contributed by atoms with Gasteiger partial charge < -0.3 is 5.32 Å². The van der Waals surface area contributed by atoms with Crippen molar-refractivity contribution >= 4 is 16.7 Å². The van der Waals surface area contributed by atoms with Crippen LogP contribution in [0.4, 0.5) is 0 Å². The molecule has 0 unspecified atom stereocenters. The van der Waals surface area contributed by atoms with E-state index in [-0.39, 0.29) is 5.91 Å². The molecule has 1 heterocycles. The van der Waals surface area contributed by atoms with E-state index >= 15 is 0 Å². The van der Waals surface area contributed by atoms with E-state index in [1.165, 1.54) is 0 Å². The number of hydrogen-bond donors (Lipinski definition) is 1. The number of hydrogen-bond acceptors (Lipinski definition) is 2.